The summed E-state index contributed by atoms with van der Waals surface area (Å²) >= 11 is 2.96. The molecule has 0 saturated heterocycles. The van der Waals surface area contributed by atoms with Crippen LogP contribution >= 0.6 is 22.7 Å². The lowest BCUT2D eigenvalue weighted by Crippen LogP contribution is -2.12. The number of aromatic nitrogens is 3. The molecule has 0 spiro atoms. The number of aryl methyl sites for hydroxylation is 1. The second-order valence-corrected chi connectivity index (χ2v) is 9.71. The van der Waals surface area contributed by atoms with Gasteiger partial charge in [-0.1, -0.05) is 56.3 Å². The van der Waals surface area contributed by atoms with Crippen molar-refractivity contribution in [3.05, 3.63) is 58.6 Å². The van der Waals surface area contributed by atoms with Crippen molar-refractivity contribution in [3.63, 3.8) is 0 Å². The minimum absolute atomic E-state index is 0.114. The summed E-state index contributed by atoms with van der Waals surface area (Å²) in [7, 11) is 0. The Morgan fingerprint density at radius 2 is 1.90 bits per heavy atom. The summed E-state index contributed by atoms with van der Waals surface area (Å²) in [5.41, 5.74) is 3.28. The normalized spacial score (nSPS) is 11.6. The summed E-state index contributed by atoms with van der Waals surface area (Å²) in [5.74, 6) is 0.879. The molecule has 1 amide bonds. The molecular weight excluding hydrogens is 416 g/mol. The van der Waals surface area contributed by atoms with E-state index in [2.05, 4.69) is 65.5 Å². The van der Waals surface area contributed by atoms with Gasteiger partial charge in [0, 0.05) is 23.8 Å². The highest BCUT2D eigenvalue weighted by atomic mass is 32.1. The van der Waals surface area contributed by atoms with E-state index in [-0.39, 0.29) is 17.7 Å². The number of rotatable bonds is 6. The summed E-state index contributed by atoms with van der Waals surface area (Å²) in [6, 6.07) is 12.3. The van der Waals surface area contributed by atoms with Gasteiger partial charge < -0.3 is 9.84 Å². The van der Waals surface area contributed by atoms with Crippen LogP contribution in [0.5, 0.6) is 0 Å². The van der Waals surface area contributed by atoms with Gasteiger partial charge in [0.05, 0.1) is 10.6 Å². The van der Waals surface area contributed by atoms with Crippen molar-refractivity contribution in [1.29, 1.82) is 0 Å². The van der Waals surface area contributed by atoms with Crippen LogP contribution in [-0.2, 0) is 16.6 Å². The minimum atomic E-state index is -0.130. The number of nitrogens with one attached hydrogen (secondary N) is 1. The van der Waals surface area contributed by atoms with Gasteiger partial charge in [-0.2, -0.15) is 4.98 Å². The molecule has 0 unspecified atom stereocenters. The second-order valence-electron chi connectivity index (χ2n) is 7.90. The van der Waals surface area contributed by atoms with Gasteiger partial charge in [0.2, 0.25) is 17.6 Å². The van der Waals surface area contributed by atoms with Gasteiger partial charge in [0.25, 0.3) is 0 Å². The van der Waals surface area contributed by atoms with E-state index >= 15 is 0 Å². The van der Waals surface area contributed by atoms with Crippen molar-refractivity contribution < 1.29 is 9.32 Å². The second kappa shape index (κ2) is 8.49. The Morgan fingerprint density at radius 3 is 2.60 bits per heavy atom. The topological polar surface area (TPSA) is 80.9 Å². The Morgan fingerprint density at radius 1 is 1.10 bits per heavy atom. The van der Waals surface area contributed by atoms with E-state index in [9.17, 15) is 4.79 Å². The quantitative estimate of drug-likeness (QED) is 0.412. The van der Waals surface area contributed by atoms with Crippen molar-refractivity contribution in [2.24, 2.45) is 0 Å². The highest BCUT2D eigenvalue weighted by Crippen LogP contribution is 2.28. The average Bonchev–Trinajstić information content (AvgIpc) is 3.47. The predicted octanol–water partition coefficient (Wildman–Crippen LogP) is 5.79. The van der Waals surface area contributed by atoms with Crippen LogP contribution in [0.2, 0.25) is 0 Å². The van der Waals surface area contributed by atoms with Crippen molar-refractivity contribution in [1.82, 2.24) is 15.1 Å². The Bertz CT molecular complexity index is 1120. The van der Waals surface area contributed by atoms with Crippen LogP contribution in [0.3, 0.4) is 0 Å². The highest BCUT2D eigenvalue weighted by Gasteiger charge is 2.15. The van der Waals surface area contributed by atoms with Crippen LogP contribution in [0.4, 0.5) is 5.13 Å². The Balaban J connectivity index is 1.33. The number of hydrogen-bond donors (Lipinski definition) is 1. The molecule has 0 atom stereocenters. The smallest absolute Gasteiger partial charge is 0.227 e. The van der Waals surface area contributed by atoms with Crippen molar-refractivity contribution >= 4 is 33.7 Å². The number of carbonyl (C=O) groups excluding carboxylic acids is 1. The van der Waals surface area contributed by atoms with E-state index in [1.807, 2.05) is 22.9 Å². The third-order valence-electron chi connectivity index (χ3n) is 4.57. The lowest BCUT2D eigenvalue weighted by molar-refractivity contribution is -0.116. The SMILES string of the molecule is CC(C)(C)c1ccc(-c2csc(NC(=O)CCc3nc(-c4cccs4)no3)n2)cc1. The van der Waals surface area contributed by atoms with Gasteiger partial charge >= 0.3 is 0 Å². The fourth-order valence-corrected chi connectivity index (χ4v) is 4.25. The van der Waals surface area contributed by atoms with Gasteiger partial charge in [-0.3, -0.25) is 4.79 Å². The molecule has 6 nitrogen and oxygen atoms in total. The summed E-state index contributed by atoms with van der Waals surface area (Å²) in [6.07, 6.45) is 0.637. The number of thiazole rings is 1. The number of thiophene rings is 1. The standard InChI is InChI=1S/C22H22N4O2S2/c1-22(2,3)15-8-6-14(7-9-15)16-13-30-21(23-16)24-18(27)10-11-19-25-20(26-28-19)17-5-4-12-29-17/h4-9,12-13H,10-11H2,1-3H3,(H,23,24,27). The maximum absolute atomic E-state index is 12.3. The molecule has 0 aliphatic heterocycles. The van der Waals surface area contributed by atoms with Gasteiger partial charge in [-0.25, -0.2) is 4.98 Å². The Labute approximate surface area is 183 Å². The van der Waals surface area contributed by atoms with Gasteiger partial charge in [-0.05, 0) is 22.4 Å². The van der Waals surface area contributed by atoms with E-state index in [4.69, 9.17) is 4.52 Å². The molecule has 8 heteroatoms. The molecule has 4 rings (SSSR count). The van der Waals surface area contributed by atoms with Crippen LogP contribution in [0.1, 0.15) is 38.6 Å². The molecule has 1 N–H and O–H groups in total. The zero-order valence-electron chi connectivity index (χ0n) is 17.0. The first kappa shape index (κ1) is 20.4. The van der Waals surface area contributed by atoms with Crippen LogP contribution in [0.25, 0.3) is 22.0 Å². The molecule has 0 fully saturated rings. The number of carbonyl (C=O) groups is 1. The Kier molecular flexibility index (Phi) is 5.78. The number of anilines is 1. The third kappa shape index (κ3) is 4.83. The van der Waals surface area contributed by atoms with E-state index in [0.29, 0.717) is 23.3 Å². The van der Waals surface area contributed by atoms with Gasteiger partial charge in [-0.15, -0.1) is 22.7 Å². The first-order chi connectivity index (χ1) is 14.4. The lowest BCUT2D eigenvalue weighted by Gasteiger charge is -2.18. The zero-order valence-corrected chi connectivity index (χ0v) is 18.6. The molecule has 0 aliphatic rings. The summed E-state index contributed by atoms with van der Waals surface area (Å²) in [6.45, 7) is 6.57. The third-order valence-corrected chi connectivity index (χ3v) is 6.20. The summed E-state index contributed by atoms with van der Waals surface area (Å²) in [4.78, 5) is 22.1. The van der Waals surface area contributed by atoms with Crippen LogP contribution < -0.4 is 5.32 Å². The fraction of sp³-hybridized carbons (Fsp3) is 0.273. The highest BCUT2D eigenvalue weighted by molar-refractivity contribution is 7.14. The maximum Gasteiger partial charge on any atom is 0.227 e. The monoisotopic (exact) mass is 438 g/mol. The number of benzene rings is 1. The molecule has 0 radical (unpaired) electrons. The van der Waals surface area contributed by atoms with Crippen LogP contribution in [0.15, 0.2) is 51.7 Å². The predicted molar refractivity (Wildman–Crippen MR) is 121 cm³/mol. The molecule has 0 bridgehead atoms. The number of hydrogen-bond acceptors (Lipinski definition) is 7. The average molecular weight is 439 g/mol. The van der Waals surface area contributed by atoms with E-state index in [1.165, 1.54) is 16.9 Å². The molecule has 154 valence electrons. The number of amides is 1. The largest absolute Gasteiger partial charge is 0.339 e. The van der Waals surface area contributed by atoms with E-state index in [0.717, 1.165) is 16.1 Å². The molecule has 1 aromatic carbocycles. The molecule has 0 saturated carbocycles. The van der Waals surface area contributed by atoms with Crippen LogP contribution in [0, 0.1) is 0 Å². The van der Waals surface area contributed by atoms with Crippen molar-refractivity contribution in [3.8, 4) is 22.0 Å². The molecule has 30 heavy (non-hydrogen) atoms. The maximum atomic E-state index is 12.3. The molecule has 3 aromatic heterocycles. The van der Waals surface area contributed by atoms with Crippen LogP contribution in [-0.4, -0.2) is 21.0 Å². The molecule has 3 heterocycles. The molecule has 4 aromatic rings. The molecular formula is C22H22N4O2S2. The van der Waals surface area contributed by atoms with E-state index < -0.39 is 0 Å². The van der Waals surface area contributed by atoms with Crippen molar-refractivity contribution in [2.45, 2.75) is 39.0 Å². The Hall–Kier alpha value is -2.84. The van der Waals surface area contributed by atoms with Gasteiger partial charge in [0.15, 0.2) is 5.13 Å². The summed E-state index contributed by atoms with van der Waals surface area (Å²) in [5, 5.41) is 11.3. The summed E-state index contributed by atoms with van der Waals surface area (Å²) < 4.78 is 5.24. The fourth-order valence-electron chi connectivity index (χ4n) is 2.87. The number of nitrogens with zero attached hydrogens (tertiary/aromatic N) is 3. The minimum Gasteiger partial charge on any atom is -0.339 e. The van der Waals surface area contributed by atoms with Gasteiger partial charge in [0.1, 0.15) is 0 Å². The molecule has 0 aliphatic carbocycles. The first-order valence-electron chi connectivity index (χ1n) is 9.61. The van der Waals surface area contributed by atoms with E-state index in [1.54, 1.807) is 11.3 Å². The lowest BCUT2D eigenvalue weighted by atomic mass is 9.86. The first-order valence-corrected chi connectivity index (χ1v) is 11.4. The zero-order chi connectivity index (χ0) is 21.1. The van der Waals surface area contributed by atoms with Crippen molar-refractivity contribution in [2.75, 3.05) is 5.32 Å².